The third kappa shape index (κ3) is 4.69. The van der Waals surface area contributed by atoms with Crippen LogP contribution in [0, 0.1) is 20.8 Å². The molecule has 0 bridgehead atoms. The van der Waals surface area contributed by atoms with E-state index in [0.717, 1.165) is 73.2 Å². The molecule has 1 aliphatic heterocycles. The number of nitrogens with zero attached hydrogens (tertiary/aromatic N) is 3. The fourth-order valence-electron chi connectivity index (χ4n) is 3.94. The molecule has 1 aliphatic rings. The van der Waals surface area contributed by atoms with Crippen molar-refractivity contribution in [2.45, 2.75) is 46.3 Å². The van der Waals surface area contributed by atoms with E-state index in [-0.39, 0.29) is 6.61 Å². The van der Waals surface area contributed by atoms with Crippen molar-refractivity contribution < 1.29 is 14.3 Å². The molecule has 0 unspecified atom stereocenters. The summed E-state index contributed by atoms with van der Waals surface area (Å²) in [7, 11) is 1.71. The maximum Gasteiger partial charge on any atom is 0.128 e. The van der Waals surface area contributed by atoms with Crippen molar-refractivity contribution in [1.29, 1.82) is 0 Å². The van der Waals surface area contributed by atoms with Crippen molar-refractivity contribution in [3.63, 3.8) is 0 Å². The number of methoxy groups -OCH3 is 1. The predicted molar refractivity (Wildman–Crippen MR) is 105 cm³/mol. The molecule has 0 aliphatic carbocycles. The monoisotopic (exact) mass is 373 g/mol. The van der Waals surface area contributed by atoms with Gasteiger partial charge in [-0.3, -0.25) is 14.8 Å². The number of ether oxygens (including phenoxy) is 1. The summed E-state index contributed by atoms with van der Waals surface area (Å²) < 4.78 is 11.3. The Hall–Kier alpha value is -1.89. The number of hydrogen-bond donors (Lipinski definition) is 1. The summed E-state index contributed by atoms with van der Waals surface area (Å²) >= 11 is 0. The Morgan fingerprint density at radius 3 is 2.70 bits per heavy atom. The Labute approximate surface area is 161 Å². The fraction of sp³-hybridized carbons (Fsp3) is 0.571. The predicted octanol–water partition coefficient (Wildman–Crippen LogP) is 2.68. The summed E-state index contributed by atoms with van der Waals surface area (Å²) in [5.41, 5.74) is 3.25. The highest BCUT2D eigenvalue weighted by Crippen LogP contribution is 2.26. The van der Waals surface area contributed by atoms with Crippen molar-refractivity contribution in [1.82, 2.24) is 14.8 Å². The SMILES string of the molecule is COc1c(C)cnc(CN2CCN(Cc3ccc(C)o3)[C@H](CCO)C2)c1C. The number of aliphatic hydroxyl groups excluding tert-OH is 1. The number of aliphatic hydroxyl groups is 1. The molecule has 3 rings (SSSR count). The zero-order valence-electron chi connectivity index (χ0n) is 16.9. The third-order valence-electron chi connectivity index (χ3n) is 5.43. The van der Waals surface area contributed by atoms with Gasteiger partial charge in [0.25, 0.3) is 0 Å². The topological polar surface area (TPSA) is 62.0 Å². The minimum atomic E-state index is 0.196. The van der Waals surface area contributed by atoms with Crippen LogP contribution < -0.4 is 4.74 Å². The molecule has 2 aromatic heterocycles. The molecule has 1 fully saturated rings. The van der Waals surface area contributed by atoms with Gasteiger partial charge in [-0.05, 0) is 39.3 Å². The van der Waals surface area contributed by atoms with E-state index in [2.05, 4.69) is 21.7 Å². The number of aryl methyl sites for hydroxylation is 2. The van der Waals surface area contributed by atoms with Gasteiger partial charge in [-0.25, -0.2) is 0 Å². The normalized spacial score (nSPS) is 18.8. The van der Waals surface area contributed by atoms with Gasteiger partial charge in [-0.1, -0.05) is 0 Å². The summed E-state index contributed by atoms with van der Waals surface area (Å²) in [6.07, 6.45) is 2.65. The van der Waals surface area contributed by atoms with Gasteiger partial charge in [0, 0.05) is 56.2 Å². The second-order valence-corrected chi connectivity index (χ2v) is 7.43. The lowest BCUT2D eigenvalue weighted by atomic mass is 10.1. The van der Waals surface area contributed by atoms with Crippen LogP contribution in [-0.4, -0.2) is 59.3 Å². The number of aromatic nitrogens is 1. The molecular weight excluding hydrogens is 342 g/mol. The highest BCUT2D eigenvalue weighted by Gasteiger charge is 2.28. The largest absolute Gasteiger partial charge is 0.496 e. The van der Waals surface area contributed by atoms with Crippen molar-refractivity contribution in [2.75, 3.05) is 33.4 Å². The molecule has 0 aromatic carbocycles. The van der Waals surface area contributed by atoms with Crippen molar-refractivity contribution >= 4 is 0 Å². The van der Waals surface area contributed by atoms with E-state index in [0.29, 0.717) is 6.04 Å². The molecule has 148 valence electrons. The molecule has 27 heavy (non-hydrogen) atoms. The average Bonchev–Trinajstić information content (AvgIpc) is 3.05. The average molecular weight is 373 g/mol. The Morgan fingerprint density at radius 2 is 2.04 bits per heavy atom. The van der Waals surface area contributed by atoms with E-state index in [1.165, 1.54) is 0 Å². The molecule has 6 nitrogen and oxygen atoms in total. The van der Waals surface area contributed by atoms with Crippen molar-refractivity contribution in [3.05, 3.63) is 46.7 Å². The van der Waals surface area contributed by atoms with Crippen LogP contribution in [0.3, 0.4) is 0 Å². The van der Waals surface area contributed by atoms with Crippen LogP contribution in [0.2, 0.25) is 0 Å². The molecule has 3 heterocycles. The molecule has 1 saturated heterocycles. The zero-order valence-corrected chi connectivity index (χ0v) is 16.9. The number of rotatable bonds is 7. The second kappa shape index (κ2) is 8.87. The van der Waals surface area contributed by atoms with Crippen LogP contribution in [0.25, 0.3) is 0 Å². The Balaban J connectivity index is 1.67. The molecule has 2 aromatic rings. The van der Waals surface area contributed by atoms with Crippen molar-refractivity contribution in [3.8, 4) is 5.75 Å². The molecule has 0 saturated carbocycles. The van der Waals surface area contributed by atoms with Gasteiger partial charge < -0.3 is 14.3 Å². The first-order valence-corrected chi connectivity index (χ1v) is 9.63. The first-order chi connectivity index (χ1) is 13.0. The lowest BCUT2D eigenvalue weighted by Gasteiger charge is -2.41. The van der Waals surface area contributed by atoms with Gasteiger partial charge in [0.2, 0.25) is 0 Å². The summed E-state index contributed by atoms with van der Waals surface area (Å²) in [6.45, 7) is 10.7. The summed E-state index contributed by atoms with van der Waals surface area (Å²) in [5.74, 6) is 2.86. The molecule has 0 amide bonds. The van der Waals surface area contributed by atoms with Gasteiger partial charge in [-0.15, -0.1) is 0 Å². The van der Waals surface area contributed by atoms with E-state index in [9.17, 15) is 5.11 Å². The Kier molecular flexibility index (Phi) is 6.52. The highest BCUT2D eigenvalue weighted by molar-refractivity contribution is 5.41. The van der Waals surface area contributed by atoms with Gasteiger partial charge >= 0.3 is 0 Å². The van der Waals surface area contributed by atoms with Crippen LogP contribution in [0.4, 0.5) is 0 Å². The van der Waals surface area contributed by atoms with Crippen LogP contribution in [0.1, 0.15) is 34.8 Å². The van der Waals surface area contributed by atoms with Gasteiger partial charge in [0.1, 0.15) is 17.3 Å². The van der Waals surface area contributed by atoms with Crippen LogP contribution in [-0.2, 0) is 13.1 Å². The quantitative estimate of drug-likeness (QED) is 0.805. The smallest absolute Gasteiger partial charge is 0.128 e. The van der Waals surface area contributed by atoms with Gasteiger partial charge in [-0.2, -0.15) is 0 Å². The number of pyridine rings is 1. The standard InChI is InChI=1S/C21H31N3O3/c1-15-11-22-20(17(3)21(15)26-4)14-23-8-9-24(18(12-23)7-10-25)13-19-6-5-16(2)27-19/h5-6,11,18,25H,7-10,12-14H2,1-4H3/t18-/m1/s1. The number of furan rings is 1. The molecular formula is C21H31N3O3. The number of hydrogen-bond acceptors (Lipinski definition) is 6. The van der Waals surface area contributed by atoms with E-state index in [1.54, 1.807) is 7.11 Å². The van der Waals surface area contributed by atoms with E-state index < -0.39 is 0 Å². The zero-order chi connectivity index (χ0) is 19.4. The molecule has 0 spiro atoms. The fourth-order valence-corrected chi connectivity index (χ4v) is 3.94. The first kappa shape index (κ1) is 19.9. The summed E-state index contributed by atoms with van der Waals surface area (Å²) in [6, 6.07) is 4.36. The minimum absolute atomic E-state index is 0.196. The van der Waals surface area contributed by atoms with E-state index in [4.69, 9.17) is 9.15 Å². The van der Waals surface area contributed by atoms with Gasteiger partial charge in [0.05, 0.1) is 19.3 Å². The Bertz CT molecular complexity index is 759. The van der Waals surface area contributed by atoms with Crippen molar-refractivity contribution in [2.24, 2.45) is 0 Å². The Morgan fingerprint density at radius 1 is 1.22 bits per heavy atom. The number of piperazine rings is 1. The molecule has 0 radical (unpaired) electrons. The summed E-state index contributed by atoms with van der Waals surface area (Å²) in [4.78, 5) is 9.48. The molecule has 1 N–H and O–H groups in total. The lowest BCUT2D eigenvalue weighted by molar-refractivity contribution is 0.0447. The third-order valence-corrected chi connectivity index (χ3v) is 5.43. The van der Waals surface area contributed by atoms with Crippen LogP contribution in [0.5, 0.6) is 5.75 Å². The first-order valence-electron chi connectivity index (χ1n) is 9.63. The second-order valence-electron chi connectivity index (χ2n) is 7.43. The van der Waals surface area contributed by atoms with E-state index in [1.807, 2.05) is 32.2 Å². The van der Waals surface area contributed by atoms with Gasteiger partial charge in [0.15, 0.2) is 0 Å². The highest BCUT2D eigenvalue weighted by atomic mass is 16.5. The maximum atomic E-state index is 9.53. The molecule has 1 atom stereocenters. The summed E-state index contributed by atoms with van der Waals surface area (Å²) in [5, 5.41) is 9.53. The van der Waals surface area contributed by atoms with Crippen LogP contribution >= 0.6 is 0 Å². The minimum Gasteiger partial charge on any atom is -0.496 e. The lowest BCUT2D eigenvalue weighted by Crippen LogP contribution is -2.52. The van der Waals surface area contributed by atoms with Crippen LogP contribution in [0.15, 0.2) is 22.7 Å². The maximum absolute atomic E-state index is 9.53. The molecule has 6 heteroatoms. The van der Waals surface area contributed by atoms with E-state index >= 15 is 0 Å².